The molecule has 22 heavy (non-hydrogen) atoms. The summed E-state index contributed by atoms with van der Waals surface area (Å²) in [6.45, 7) is 2.94. The van der Waals surface area contributed by atoms with Gasteiger partial charge in [-0.3, -0.25) is 0 Å². The van der Waals surface area contributed by atoms with Crippen LogP contribution in [0.4, 0.5) is 0 Å². The average molecular weight is 367 g/mol. The lowest BCUT2D eigenvalue weighted by molar-refractivity contribution is 0.319. The summed E-state index contributed by atoms with van der Waals surface area (Å²) in [6.07, 6.45) is 2.84. The van der Waals surface area contributed by atoms with E-state index in [1.165, 1.54) is 4.31 Å². The van der Waals surface area contributed by atoms with Crippen molar-refractivity contribution in [1.82, 2.24) is 9.29 Å². The molecule has 0 aromatic carbocycles. The lowest BCUT2D eigenvalue weighted by atomic mass is 9.99. The molecule has 0 radical (unpaired) electrons. The molecule has 1 aliphatic heterocycles. The van der Waals surface area contributed by atoms with Crippen molar-refractivity contribution < 1.29 is 16.8 Å². The number of hydrogen-bond donors (Lipinski definition) is 0. The molecule has 1 aromatic rings. The van der Waals surface area contributed by atoms with Crippen molar-refractivity contribution in [1.29, 1.82) is 0 Å². The molecule has 0 N–H and O–H groups in total. The monoisotopic (exact) mass is 366 g/mol. The third kappa shape index (κ3) is 5.00. The number of aromatic nitrogens is 1. The van der Waals surface area contributed by atoms with Gasteiger partial charge in [0, 0.05) is 36.3 Å². The number of nitrogens with zero attached hydrogens (tertiary/aromatic N) is 2. The molecule has 1 aromatic heterocycles. The van der Waals surface area contributed by atoms with E-state index in [0.717, 1.165) is 29.8 Å². The number of rotatable bonds is 6. The fourth-order valence-corrected chi connectivity index (χ4v) is 5.93. The summed E-state index contributed by atoms with van der Waals surface area (Å²) in [5.74, 6) is 0.156. The third-order valence-electron chi connectivity index (χ3n) is 3.75. The predicted octanol–water partition coefficient (Wildman–Crippen LogP) is 1.40. The van der Waals surface area contributed by atoms with Crippen LogP contribution in [0.25, 0.3) is 0 Å². The molecular formula is C13H22N2O4S3. The standard InChI is InChI=1S/C13H22N2O4S3/c1-11-10-20-13(14-11)12-4-6-15(7-5-12)22(18,19)9-3-8-21(2,16)17/h10,12H,3-9H2,1-2H3. The van der Waals surface area contributed by atoms with Crippen LogP contribution >= 0.6 is 11.3 Å². The van der Waals surface area contributed by atoms with Crippen LogP contribution in [0.1, 0.15) is 35.9 Å². The van der Waals surface area contributed by atoms with Crippen LogP contribution in [0.5, 0.6) is 0 Å². The minimum Gasteiger partial charge on any atom is -0.246 e. The summed E-state index contributed by atoms with van der Waals surface area (Å²) in [5, 5.41) is 3.11. The maximum atomic E-state index is 12.2. The average Bonchev–Trinajstić information content (AvgIpc) is 2.84. The highest BCUT2D eigenvalue weighted by Gasteiger charge is 2.29. The summed E-state index contributed by atoms with van der Waals surface area (Å²) in [7, 11) is -6.46. The molecule has 0 saturated carbocycles. The summed E-state index contributed by atoms with van der Waals surface area (Å²) < 4.78 is 48.1. The van der Waals surface area contributed by atoms with Crippen LogP contribution in [-0.2, 0) is 19.9 Å². The van der Waals surface area contributed by atoms with Crippen molar-refractivity contribution in [2.75, 3.05) is 30.9 Å². The molecule has 1 saturated heterocycles. The zero-order valence-electron chi connectivity index (χ0n) is 12.9. The van der Waals surface area contributed by atoms with Crippen LogP contribution in [0.2, 0.25) is 0 Å². The molecule has 1 aliphatic rings. The van der Waals surface area contributed by atoms with Gasteiger partial charge in [-0.05, 0) is 26.2 Å². The van der Waals surface area contributed by atoms with Gasteiger partial charge in [-0.1, -0.05) is 0 Å². The Labute approximate surface area is 136 Å². The predicted molar refractivity (Wildman–Crippen MR) is 88.5 cm³/mol. The number of aryl methyl sites for hydroxylation is 1. The van der Waals surface area contributed by atoms with Gasteiger partial charge in [0.2, 0.25) is 10.0 Å². The van der Waals surface area contributed by atoms with Crippen LogP contribution < -0.4 is 0 Å². The largest absolute Gasteiger partial charge is 0.246 e. The molecule has 2 heterocycles. The maximum absolute atomic E-state index is 12.2. The lowest BCUT2D eigenvalue weighted by Gasteiger charge is -2.30. The van der Waals surface area contributed by atoms with E-state index in [2.05, 4.69) is 4.98 Å². The van der Waals surface area contributed by atoms with Gasteiger partial charge in [-0.2, -0.15) is 0 Å². The number of thiazole rings is 1. The maximum Gasteiger partial charge on any atom is 0.214 e. The Kier molecular flexibility index (Phi) is 5.63. The molecule has 9 heteroatoms. The second-order valence-corrected chi connectivity index (χ2v) is 11.0. The molecule has 0 amide bonds. The molecule has 126 valence electrons. The summed E-state index contributed by atoms with van der Waals surface area (Å²) in [4.78, 5) is 4.48. The molecule has 0 bridgehead atoms. The second kappa shape index (κ2) is 6.94. The molecule has 0 unspecified atom stereocenters. The Bertz CT molecular complexity index is 701. The summed E-state index contributed by atoms with van der Waals surface area (Å²) >= 11 is 1.64. The van der Waals surface area contributed by atoms with Crippen LogP contribution in [0.15, 0.2) is 5.38 Å². The lowest BCUT2D eigenvalue weighted by Crippen LogP contribution is -2.39. The van der Waals surface area contributed by atoms with Crippen LogP contribution in [-0.4, -0.2) is 57.0 Å². The van der Waals surface area contributed by atoms with Crippen molar-refractivity contribution in [2.45, 2.75) is 32.1 Å². The van der Waals surface area contributed by atoms with Gasteiger partial charge in [-0.15, -0.1) is 11.3 Å². The number of hydrogen-bond acceptors (Lipinski definition) is 6. The number of piperidine rings is 1. The smallest absolute Gasteiger partial charge is 0.214 e. The van der Waals surface area contributed by atoms with E-state index in [1.807, 2.05) is 12.3 Å². The van der Waals surface area contributed by atoms with Gasteiger partial charge in [-0.25, -0.2) is 26.1 Å². The quantitative estimate of drug-likeness (QED) is 0.760. The van der Waals surface area contributed by atoms with Crippen molar-refractivity contribution >= 4 is 31.2 Å². The normalized spacial score (nSPS) is 18.6. The van der Waals surface area contributed by atoms with Crippen molar-refractivity contribution in [2.24, 2.45) is 0 Å². The Hall–Kier alpha value is -0.510. The SMILES string of the molecule is Cc1csc(C2CCN(S(=O)(=O)CCCS(C)(=O)=O)CC2)n1. The van der Waals surface area contributed by atoms with Crippen molar-refractivity contribution in [3.63, 3.8) is 0 Å². The fourth-order valence-electron chi connectivity index (χ4n) is 2.57. The third-order valence-corrected chi connectivity index (χ3v) is 7.86. The van der Waals surface area contributed by atoms with Crippen LogP contribution in [0, 0.1) is 6.92 Å². The van der Waals surface area contributed by atoms with E-state index >= 15 is 0 Å². The number of sulfone groups is 1. The van der Waals surface area contributed by atoms with Gasteiger partial charge in [0.15, 0.2) is 0 Å². The molecule has 6 nitrogen and oxygen atoms in total. The highest BCUT2D eigenvalue weighted by Crippen LogP contribution is 2.31. The fraction of sp³-hybridized carbons (Fsp3) is 0.769. The van der Waals surface area contributed by atoms with Crippen LogP contribution in [0.3, 0.4) is 0 Å². The first kappa shape index (κ1) is 17.8. The molecular weight excluding hydrogens is 344 g/mol. The summed E-state index contributed by atoms with van der Waals surface area (Å²) in [5.41, 5.74) is 1.01. The minimum atomic E-state index is -3.35. The Morgan fingerprint density at radius 2 is 1.86 bits per heavy atom. The van der Waals surface area contributed by atoms with Gasteiger partial charge in [0.25, 0.3) is 0 Å². The van der Waals surface area contributed by atoms with Crippen molar-refractivity contribution in [3.8, 4) is 0 Å². The first-order chi connectivity index (χ1) is 10.2. The first-order valence-electron chi connectivity index (χ1n) is 7.25. The Balaban J connectivity index is 1.87. The first-order valence-corrected chi connectivity index (χ1v) is 11.8. The zero-order chi connectivity index (χ0) is 16.4. The van der Waals surface area contributed by atoms with Gasteiger partial charge in [0.05, 0.1) is 16.5 Å². The van der Waals surface area contributed by atoms with Gasteiger partial charge in [0.1, 0.15) is 9.84 Å². The van der Waals surface area contributed by atoms with Gasteiger partial charge < -0.3 is 0 Å². The molecule has 2 rings (SSSR count). The van der Waals surface area contributed by atoms with E-state index < -0.39 is 19.9 Å². The van der Waals surface area contributed by atoms with E-state index in [4.69, 9.17) is 0 Å². The van der Waals surface area contributed by atoms with E-state index in [9.17, 15) is 16.8 Å². The van der Waals surface area contributed by atoms with E-state index in [-0.39, 0.29) is 17.9 Å². The highest BCUT2D eigenvalue weighted by atomic mass is 32.2. The molecule has 0 atom stereocenters. The molecule has 0 spiro atoms. The Morgan fingerprint density at radius 3 is 2.36 bits per heavy atom. The topological polar surface area (TPSA) is 84.4 Å². The van der Waals surface area contributed by atoms with Crippen molar-refractivity contribution in [3.05, 3.63) is 16.1 Å². The zero-order valence-corrected chi connectivity index (χ0v) is 15.3. The minimum absolute atomic E-state index is 0.0823. The molecule has 1 fully saturated rings. The van der Waals surface area contributed by atoms with E-state index in [1.54, 1.807) is 11.3 Å². The van der Waals surface area contributed by atoms with E-state index in [0.29, 0.717) is 19.0 Å². The second-order valence-electron chi connectivity index (χ2n) is 5.80. The molecule has 0 aliphatic carbocycles. The number of sulfonamides is 1. The van der Waals surface area contributed by atoms with Gasteiger partial charge >= 0.3 is 0 Å². The Morgan fingerprint density at radius 1 is 1.23 bits per heavy atom. The summed E-state index contributed by atoms with van der Waals surface area (Å²) in [6, 6.07) is 0. The highest BCUT2D eigenvalue weighted by molar-refractivity contribution is 7.91.